The van der Waals surface area contributed by atoms with Crippen LogP contribution >= 0.6 is 11.6 Å². The van der Waals surface area contributed by atoms with Gasteiger partial charge in [0.25, 0.3) is 0 Å². The number of aromatic nitrogens is 1. The summed E-state index contributed by atoms with van der Waals surface area (Å²) in [7, 11) is 1.60. The maximum absolute atomic E-state index is 13.1. The Balaban J connectivity index is 1.37. The number of benzene rings is 2. The summed E-state index contributed by atoms with van der Waals surface area (Å²) in [6, 6.07) is 15.5. The average Bonchev–Trinajstić information content (AvgIpc) is 3.00. The van der Waals surface area contributed by atoms with Gasteiger partial charge in [-0.3, -0.25) is 14.8 Å². The fourth-order valence-corrected chi connectivity index (χ4v) is 4.65. The molecule has 1 atom stereocenters. The lowest BCUT2D eigenvalue weighted by molar-refractivity contribution is -0.118. The van der Waals surface area contributed by atoms with Gasteiger partial charge in [0, 0.05) is 12.6 Å². The van der Waals surface area contributed by atoms with Crippen LogP contribution in [0.15, 0.2) is 65.8 Å². The van der Waals surface area contributed by atoms with Crippen LogP contribution < -0.4 is 14.8 Å². The highest BCUT2D eigenvalue weighted by Crippen LogP contribution is 2.38. The molecule has 0 saturated carbocycles. The second-order valence-electron chi connectivity index (χ2n) is 8.67. The van der Waals surface area contributed by atoms with Gasteiger partial charge in [-0.25, -0.2) is 0 Å². The third kappa shape index (κ3) is 4.93. The molecule has 1 unspecified atom stereocenters. The van der Waals surface area contributed by atoms with Gasteiger partial charge in [0.2, 0.25) is 5.91 Å². The van der Waals surface area contributed by atoms with E-state index in [4.69, 9.17) is 26.1 Å². The SMILES string of the molecule is COc1cc(C2=CC3=Nc4ccc(CCOc5cccnc5C)cc4NC(=O)C3CC2)ccc1Cl. The first-order valence-corrected chi connectivity index (χ1v) is 12.0. The Morgan fingerprint density at radius 2 is 2.03 bits per heavy atom. The highest BCUT2D eigenvalue weighted by molar-refractivity contribution is 6.32. The Morgan fingerprint density at radius 3 is 2.86 bits per heavy atom. The van der Waals surface area contributed by atoms with Crippen LogP contribution in [0.25, 0.3) is 5.57 Å². The lowest BCUT2D eigenvalue weighted by Gasteiger charge is -2.22. The quantitative estimate of drug-likeness (QED) is 0.449. The van der Waals surface area contributed by atoms with E-state index >= 15 is 0 Å². The maximum atomic E-state index is 13.1. The maximum Gasteiger partial charge on any atom is 0.233 e. The van der Waals surface area contributed by atoms with E-state index in [0.29, 0.717) is 30.2 Å². The first-order chi connectivity index (χ1) is 17.0. The van der Waals surface area contributed by atoms with Gasteiger partial charge in [0.05, 0.1) is 47.4 Å². The number of allylic oxidation sites excluding steroid dienone is 2. The number of pyridine rings is 1. The second kappa shape index (κ2) is 9.92. The standard InChI is InChI=1S/C28H26ClN3O3/c1-17-26(4-3-12-30-17)35-13-11-18-5-10-23-25(14-18)32-28(33)21-8-6-19(15-24(21)31-23)20-7-9-22(29)27(16-20)34-2/h3-5,7,9-10,12,14-16,21H,6,8,11,13H2,1-2H3,(H,32,33). The van der Waals surface area contributed by atoms with Crippen molar-refractivity contribution in [3.05, 3.63) is 82.6 Å². The predicted molar refractivity (Wildman–Crippen MR) is 139 cm³/mol. The molecule has 0 spiro atoms. The lowest BCUT2D eigenvalue weighted by atomic mass is 9.84. The summed E-state index contributed by atoms with van der Waals surface area (Å²) in [5, 5.41) is 3.66. The third-order valence-electron chi connectivity index (χ3n) is 6.40. The van der Waals surface area contributed by atoms with Crippen LogP contribution in [0.5, 0.6) is 11.5 Å². The van der Waals surface area contributed by atoms with Crippen LogP contribution in [0.1, 0.15) is 29.7 Å². The minimum absolute atomic E-state index is 0.0223. The van der Waals surface area contributed by atoms with Crippen molar-refractivity contribution in [1.29, 1.82) is 0 Å². The van der Waals surface area contributed by atoms with Crippen LogP contribution in [-0.4, -0.2) is 30.3 Å². The number of fused-ring (bicyclic) bond motifs is 2. The van der Waals surface area contributed by atoms with E-state index in [1.807, 2.05) is 61.5 Å². The van der Waals surface area contributed by atoms with Gasteiger partial charge in [0.1, 0.15) is 11.5 Å². The number of amides is 1. The Morgan fingerprint density at radius 1 is 1.14 bits per heavy atom. The van der Waals surface area contributed by atoms with E-state index < -0.39 is 0 Å². The van der Waals surface area contributed by atoms with Gasteiger partial charge >= 0.3 is 0 Å². The summed E-state index contributed by atoms with van der Waals surface area (Å²) in [6.45, 7) is 2.45. The van der Waals surface area contributed by atoms with Crippen molar-refractivity contribution in [2.24, 2.45) is 10.9 Å². The Labute approximate surface area is 209 Å². The molecular weight excluding hydrogens is 462 g/mol. The molecular formula is C28H26ClN3O3. The summed E-state index contributed by atoms with van der Waals surface area (Å²) in [6.07, 6.45) is 5.96. The minimum atomic E-state index is -0.277. The predicted octanol–water partition coefficient (Wildman–Crippen LogP) is 6.19. The number of carbonyl (C=O) groups is 1. The van der Waals surface area contributed by atoms with Gasteiger partial charge in [-0.1, -0.05) is 23.7 Å². The number of nitrogens with zero attached hydrogens (tertiary/aromatic N) is 2. The highest BCUT2D eigenvalue weighted by atomic mass is 35.5. The average molecular weight is 488 g/mol. The van der Waals surface area contributed by atoms with Crippen molar-refractivity contribution in [3.8, 4) is 11.5 Å². The number of anilines is 1. The number of rotatable bonds is 6. The molecule has 1 aliphatic carbocycles. The zero-order valence-electron chi connectivity index (χ0n) is 19.7. The minimum Gasteiger partial charge on any atom is -0.495 e. The summed E-state index contributed by atoms with van der Waals surface area (Å²) in [5.74, 6) is 1.12. The van der Waals surface area contributed by atoms with Gasteiger partial charge in [-0.05, 0) is 78.9 Å². The summed E-state index contributed by atoms with van der Waals surface area (Å²) < 4.78 is 11.3. The molecule has 2 aromatic carbocycles. The van der Waals surface area contributed by atoms with Crippen LogP contribution in [0.4, 0.5) is 11.4 Å². The fraction of sp³-hybridized carbons (Fsp3) is 0.250. The number of aryl methyl sites for hydroxylation is 1. The number of methoxy groups -OCH3 is 1. The molecule has 2 heterocycles. The van der Waals surface area contributed by atoms with Gasteiger partial charge in [0.15, 0.2) is 0 Å². The van der Waals surface area contributed by atoms with Crippen molar-refractivity contribution in [3.63, 3.8) is 0 Å². The molecule has 2 aliphatic rings. The molecule has 7 heteroatoms. The summed E-state index contributed by atoms with van der Waals surface area (Å²) >= 11 is 6.19. The number of aliphatic imine (C=N–C) groups is 1. The van der Waals surface area contributed by atoms with Crippen molar-refractivity contribution in [2.45, 2.75) is 26.2 Å². The first-order valence-electron chi connectivity index (χ1n) is 11.6. The van der Waals surface area contributed by atoms with Gasteiger partial charge in [-0.2, -0.15) is 0 Å². The van der Waals surface area contributed by atoms with Crippen molar-refractivity contribution >= 4 is 40.2 Å². The van der Waals surface area contributed by atoms with Crippen LogP contribution in [0.2, 0.25) is 5.02 Å². The molecule has 0 radical (unpaired) electrons. The summed E-state index contributed by atoms with van der Waals surface area (Å²) in [5.41, 5.74) is 6.34. The van der Waals surface area contributed by atoms with Crippen LogP contribution in [0.3, 0.4) is 0 Å². The molecule has 0 fully saturated rings. The van der Waals surface area contributed by atoms with E-state index in [9.17, 15) is 4.79 Å². The Kier molecular flexibility index (Phi) is 6.55. The lowest BCUT2D eigenvalue weighted by Crippen LogP contribution is -2.29. The topological polar surface area (TPSA) is 72.8 Å². The van der Waals surface area contributed by atoms with Crippen LogP contribution in [-0.2, 0) is 11.2 Å². The Bertz CT molecular complexity index is 1350. The van der Waals surface area contributed by atoms with Gasteiger partial charge in [-0.15, -0.1) is 0 Å². The molecule has 178 valence electrons. The van der Waals surface area contributed by atoms with Crippen LogP contribution in [0, 0.1) is 12.8 Å². The van der Waals surface area contributed by atoms with E-state index in [2.05, 4.69) is 10.3 Å². The molecule has 5 rings (SSSR count). The number of carbonyl (C=O) groups excluding carboxylic acids is 1. The van der Waals surface area contributed by atoms with E-state index in [0.717, 1.165) is 51.7 Å². The van der Waals surface area contributed by atoms with Crippen molar-refractivity contribution < 1.29 is 14.3 Å². The molecule has 1 amide bonds. The zero-order chi connectivity index (χ0) is 24.4. The second-order valence-corrected chi connectivity index (χ2v) is 9.08. The molecule has 6 nitrogen and oxygen atoms in total. The molecule has 1 aliphatic heterocycles. The molecule has 0 bridgehead atoms. The first kappa shape index (κ1) is 23.1. The van der Waals surface area contributed by atoms with Gasteiger partial charge < -0.3 is 14.8 Å². The third-order valence-corrected chi connectivity index (χ3v) is 6.71. The molecule has 35 heavy (non-hydrogen) atoms. The van der Waals surface area contributed by atoms with E-state index in [1.165, 1.54) is 0 Å². The highest BCUT2D eigenvalue weighted by Gasteiger charge is 2.30. The molecule has 3 aromatic rings. The monoisotopic (exact) mass is 487 g/mol. The zero-order valence-corrected chi connectivity index (χ0v) is 20.4. The molecule has 1 aromatic heterocycles. The number of hydrogen-bond donors (Lipinski definition) is 1. The Hall–Kier alpha value is -3.64. The number of ether oxygens (including phenoxy) is 2. The normalized spacial score (nSPS) is 16.8. The van der Waals surface area contributed by atoms with E-state index in [1.54, 1.807) is 13.3 Å². The number of halogens is 1. The molecule has 1 N–H and O–H groups in total. The number of nitrogens with one attached hydrogen (secondary N) is 1. The fourth-order valence-electron chi connectivity index (χ4n) is 4.46. The summed E-state index contributed by atoms with van der Waals surface area (Å²) in [4.78, 5) is 22.2. The van der Waals surface area contributed by atoms with Crippen molar-refractivity contribution in [2.75, 3.05) is 19.0 Å². The number of hydrogen-bond acceptors (Lipinski definition) is 5. The smallest absolute Gasteiger partial charge is 0.233 e. The largest absolute Gasteiger partial charge is 0.495 e. The van der Waals surface area contributed by atoms with Crippen molar-refractivity contribution in [1.82, 2.24) is 4.98 Å². The molecule has 0 saturated heterocycles. The van der Waals surface area contributed by atoms with E-state index in [-0.39, 0.29) is 11.8 Å².